The van der Waals surface area contributed by atoms with Crippen molar-refractivity contribution >= 4 is 27.5 Å². The van der Waals surface area contributed by atoms with Crippen molar-refractivity contribution in [3.8, 4) is 17.2 Å². The molecule has 0 spiro atoms. The van der Waals surface area contributed by atoms with Crippen molar-refractivity contribution in [1.29, 1.82) is 0 Å². The molecule has 23 heavy (non-hydrogen) atoms. The minimum absolute atomic E-state index is 0.122. The van der Waals surface area contributed by atoms with Crippen LogP contribution in [0.2, 0.25) is 0 Å². The standard InChI is InChI=1S/C17H18BrNO4/c1-21-13-6-4-12(5-7-13)19-17(20)9-11-8-15(22-2)16(23-3)10-14(11)18/h4-8,10H,9H2,1-3H3,(H,19,20). The van der Waals surface area contributed by atoms with Gasteiger partial charge in [0.1, 0.15) is 5.75 Å². The van der Waals surface area contributed by atoms with E-state index in [4.69, 9.17) is 14.2 Å². The number of ether oxygens (including phenoxy) is 3. The van der Waals surface area contributed by atoms with E-state index in [2.05, 4.69) is 21.2 Å². The molecule has 0 aliphatic rings. The minimum atomic E-state index is -0.122. The summed E-state index contributed by atoms with van der Waals surface area (Å²) >= 11 is 3.45. The summed E-state index contributed by atoms with van der Waals surface area (Å²) in [6, 6.07) is 10.7. The first-order valence-electron chi connectivity index (χ1n) is 6.91. The lowest BCUT2D eigenvalue weighted by atomic mass is 10.1. The summed E-state index contributed by atoms with van der Waals surface area (Å²) in [5.41, 5.74) is 1.53. The number of hydrogen-bond donors (Lipinski definition) is 1. The van der Waals surface area contributed by atoms with E-state index in [1.54, 1.807) is 57.7 Å². The fraction of sp³-hybridized carbons (Fsp3) is 0.235. The van der Waals surface area contributed by atoms with Crippen molar-refractivity contribution in [3.05, 3.63) is 46.4 Å². The van der Waals surface area contributed by atoms with Crippen molar-refractivity contribution in [2.24, 2.45) is 0 Å². The summed E-state index contributed by atoms with van der Waals surface area (Å²) < 4.78 is 16.4. The zero-order valence-corrected chi connectivity index (χ0v) is 14.8. The Hall–Kier alpha value is -2.21. The molecule has 0 aromatic heterocycles. The van der Waals surface area contributed by atoms with Crippen LogP contribution in [0, 0.1) is 0 Å². The van der Waals surface area contributed by atoms with Gasteiger partial charge in [0, 0.05) is 10.2 Å². The van der Waals surface area contributed by atoms with E-state index >= 15 is 0 Å². The Balaban J connectivity index is 2.10. The predicted octanol–water partition coefficient (Wildman–Crippen LogP) is 3.66. The normalized spacial score (nSPS) is 10.1. The SMILES string of the molecule is COc1ccc(NC(=O)Cc2cc(OC)c(OC)cc2Br)cc1. The van der Waals surface area contributed by atoms with E-state index in [-0.39, 0.29) is 12.3 Å². The number of anilines is 1. The average molecular weight is 380 g/mol. The molecule has 0 bridgehead atoms. The molecule has 0 fully saturated rings. The molecule has 0 heterocycles. The molecule has 0 radical (unpaired) electrons. The lowest BCUT2D eigenvalue weighted by Gasteiger charge is -2.12. The van der Waals surface area contributed by atoms with E-state index in [9.17, 15) is 4.79 Å². The molecule has 0 saturated carbocycles. The van der Waals surface area contributed by atoms with Crippen molar-refractivity contribution in [3.63, 3.8) is 0 Å². The van der Waals surface area contributed by atoms with Gasteiger partial charge >= 0.3 is 0 Å². The molecule has 5 nitrogen and oxygen atoms in total. The minimum Gasteiger partial charge on any atom is -0.497 e. The molecule has 2 rings (SSSR count). The fourth-order valence-corrected chi connectivity index (χ4v) is 2.55. The Labute approximate surface area is 143 Å². The first-order chi connectivity index (χ1) is 11.1. The van der Waals surface area contributed by atoms with Crippen molar-refractivity contribution in [2.75, 3.05) is 26.6 Å². The van der Waals surface area contributed by atoms with Gasteiger partial charge < -0.3 is 19.5 Å². The second-order valence-corrected chi connectivity index (χ2v) is 5.61. The number of nitrogens with one attached hydrogen (secondary N) is 1. The van der Waals surface area contributed by atoms with Crippen LogP contribution in [0.25, 0.3) is 0 Å². The summed E-state index contributed by atoms with van der Waals surface area (Å²) in [7, 11) is 4.73. The van der Waals surface area contributed by atoms with Crippen LogP contribution in [0.5, 0.6) is 17.2 Å². The highest BCUT2D eigenvalue weighted by atomic mass is 79.9. The molecule has 0 atom stereocenters. The molecule has 6 heteroatoms. The Morgan fingerprint density at radius 3 is 2.17 bits per heavy atom. The van der Waals surface area contributed by atoms with Gasteiger partial charge in [-0.25, -0.2) is 0 Å². The molecule has 1 N–H and O–H groups in total. The maximum absolute atomic E-state index is 12.2. The van der Waals surface area contributed by atoms with Gasteiger partial charge in [-0.1, -0.05) is 15.9 Å². The van der Waals surface area contributed by atoms with E-state index in [1.807, 2.05) is 0 Å². The number of benzene rings is 2. The number of carbonyl (C=O) groups excluding carboxylic acids is 1. The zero-order chi connectivity index (χ0) is 16.8. The van der Waals surface area contributed by atoms with Crippen molar-refractivity contribution in [2.45, 2.75) is 6.42 Å². The van der Waals surface area contributed by atoms with Gasteiger partial charge in [0.25, 0.3) is 0 Å². The molecular weight excluding hydrogens is 362 g/mol. The number of methoxy groups -OCH3 is 3. The molecule has 0 aliphatic heterocycles. The van der Waals surface area contributed by atoms with Crippen LogP contribution >= 0.6 is 15.9 Å². The molecular formula is C17H18BrNO4. The quantitative estimate of drug-likeness (QED) is 0.831. The third-order valence-corrected chi connectivity index (χ3v) is 4.02. The summed E-state index contributed by atoms with van der Waals surface area (Å²) in [4.78, 5) is 12.2. The van der Waals surface area contributed by atoms with Gasteiger partial charge in [0.05, 0.1) is 27.8 Å². The molecule has 0 unspecified atom stereocenters. The second-order valence-electron chi connectivity index (χ2n) is 4.75. The highest BCUT2D eigenvalue weighted by Crippen LogP contribution is 2.33. The molecule has 1 amide bonds. The van der Waals surface area contributed by atoms with Crippen LogP contribution < -0.4 is 19.5 Å². The van der Waals surface area contributed by atoms with Gasteiger partial charge in [0.15, 0.2) is 11.5 Å². The van der Waals surface area contributed by atoms with Crippen molar-refractivity contribution < 1.29 is 19.0 Å². The van der Waals surface area contributed by atoms with Gasteiger partial charge in [-0.2, -0.15) is 0 Å². The largest absolute Gasteiger partial charge is 0.497 e. The van der Waals surface area contributed by atoms with E-state index in [0.29, 0.717) is 17.2 Å². The maximum Gasteiger partial charge on any atom is 0.228 e. The van der Waals surface area contributed by atoms with E-state index in [0.717, 1.165) is 15.8 Å². The number of amides is 1. The first-order valence-corrected chi connectivity index (χ1v) is 7.71. The number of halogens is 1. The summed E-state index contributed by atoms with van der Waals surface area (Å²) in [5, 5.41) is 2.85. The predicted molar refractivity (Wildman–Crippen MR) is 92.6 cm³/mol. The van der Waals surface area contributed by atoms with E-state index < -0.39 is 0 Å². The monoisotopic (exact) mass is 379 g/mol. The average Bonchev–Trinajstić information content (AvgIpc) is 2.56. The molecule has 122 valence electrons. The number of hydrogen-bond acceptors (Lipinski definition) is 4. The smallest absolute Gasteiger partial charge is 0.228 e. The van der Waals surface area contributed by atoms with Crippen LogP contribution in [0.15, 0.2) is 40.9 Å². The van der Waals surface area contributed by atoms with Crippen molar-refractivity contribution in [1.82, 2.24) is 0 Å². The molecule has 2 aromatic carbocycles. The van der Waals surface area contributed by atoms with Crippen LogP contribution in [-0.2, 0) is 11.2 Å². The maximum atomic E-state index is 12.2. The lowest BCUT2D eigenvalue weighted by Crippen LogP contribution is -2.14. The Morgan fingerprint density at radius 1 is 1.00 bits per heavy atom. The zero-order valence-electron chi connectivity index (χ0n) is 13.2. The first kappa shape index (κ1) is 17.1. The third-order valence-electron chi connectivity index (χ3n) is 3.28. The summed E-state index contributed by atoms with van der Waals surface area (Å²) in [6.07, 6.45) is 0.215. The molecule has 0 aliphatic carbocycles. The number of carbonyl (C=O) groups is 1. The van der Waals surface area contributed by atoms with Gasteiger partial charge in [0.2, 0.25) is 5.91 Å². The van der Waals surface area contributed by atoms with E-state index in [1.165, 1.54) is 0 Å². The lowest BCUT2D eigenvalue weighted by molar-refractivity contribution is -0.115. The van der Waals surface area contributed by atoms with Gasteiger partial charge in [-0.3, -0.25) is 4.79 Å². The molecule has 0 saturated heterocycles. The van der Waals surface area contributed by atoms with Gasteiger partial charge in [-0.05, 0) is 42.0 Å². The van der Waals surface area contributed by atoms with Crippen LogP contribution in [0.4, 0.5) is 5.69 Å². The fourth-order valence-electron chi connectivity index (χ4n) is 2.08. The van der Waals surface area contributed by atoms with Crippen LogP contribution in [0.3, 0.4) is 0 Å². The molecule has 2 aromatic rings. The summed E-state index contributed by atoms with van der Waals surface area (Å²) in [6.45, 7) is 0. The Bertz CT molecular complexity index is 686. The van der Waals surface area contributed by atoms with Crippen LogP contribution in [-0.4, -0.2) is 27.2 Å². The van der Waals surface area contributed by atoms with Gasteiger partial charge in [-0.15, -0.1) is 0 Å². The third kappa shape index (κ3) is 4.39. The highest BCUT2D eigenvalue weighted by molar-refractivity contribution is 9.10. The number of rotatable bonds is 6. The highest BCUT2D eigenvalue weighted by Gasteiger charge is 2.13. The summed E-state index contributed by atoms with van der Waals surface area (Å²) in [5.74, 6) is 1.82. The Kier molecular flexibility index (Phi) is 5.87. The Morgan fingerprint density at radius 2 is 1.61 bits per heavy atom. The van der Waals surface area contributed by atoms with Crippen LogP contribution in [0.1, 0.15) is 5.56 Å². The topological polar surface area (TPSA) is 56.8 Å². The second kappa shape index (κ2) is 7.87.